The molecule has 0 radical (unpaired) electrons. The number of rotatable bonds is 4. The van der Waals surface area contributed by atoms with E-state index in [1.807, 2.05) is 0 Å². The van der Waals surface area contributed by atoms with Gasteiger partial charge in [0.2, 0.25) is 5.91 Å². The average Bonchev–Trinajstić information content (AvgIpc) is 2.78. The predicted molar refractivity (Wildman–Crippen MR) is 70.0 cm³/mol. The maximum atomic E-state index is 11.9. The Hall–Kier alpha value is -1.36. The van der Waals surface area contributed by atoms with Crippen molar-refractivity contribution in [1.29, 1.82) is 0 Å². The summed E-state index contributed by atoms with van der Waals surface area (Å²) in [7, 11) is 0. The van der Waals surface area contributed by atoms with Crippen molar-refractivity contribution in [3.63, 3.8) is 0 Å². The van der Waals surface area contributed by atoms with E-state index >= 15 is 0 Å². The molecule has 0 spiro atoms. The number of nitrogens with one attached hydrogen (secondary N) is 1. The molecule has 1 aromatic rings. The highest BCUT2D eigenvalue weighted by atomic mass is 32.1. The first kappa shape index (κ1) is 13.1. The van der Waals surface area contributed by atoms with Gasteiger partial charge in [-0.1, -0.05) is 19.3 Å². The number of carbonyl (C=O) groups is 2. The van der Waals surface area contributed by atoms with E-state index in [9.17, 15) is 9.59 Å². The van der Waals surface area contributed by atoms with Crippen LogP contribution in [0, 0.1) is 0 Å². The summed E-state index contributed by atoms with van der Waals surface area (Å²) in [6.07, 6.45) is 5.84. The molecule has 1 fully saturated rings. The smallest absolute Gasteiger partial charge is 0.346 e. The summed E-state index contributed by atoms with van der Waals surface area (Å²) < 4.78 is 0. The summed E-state index contributed by atoms with van der Waals surface area (Å²) in [6.45, 7) is 0. The fraction of sp³-hybridized carbons (Fsp3) is 0.538. The topological polar surface area (TPSA) is 66.4 Å². The maximum Gasteiger partial charge on any atom is 0.346 e. The molecule has 1 amide bonds. The Balaban J connectivity index is 1.90. The van der Waals surface area contributed by atoms with Gasteiger partial charge in [0.1, 0.15) is 4.88 Å². The summed E-state index contributed by atoms with van der Waals surface area (Å²) in [5.41, 5.74) is 0.612. The molecule has 1 aliphatic rings. The number of thiophene rings is 1. The van der Waals surface area contributed by atoms with Crippen LogP contribution in [0.4, 0.5) is 0 Å². The molecule has 98 valence electrons. The van der Waals surface area contributed by atoms with E-state index in [1.54, 1.807) is 11.4 Å². The van der Waals surface area contributed by atoms with Crippen LogP contribution in [-0.4, -0.2) is 23.0 Å². The van der Waals surface area contributed by atoms with Crippen molar-refractivity contribution in [3.05, 3.63) is 21.9 Å². The van der Waals surface area contributed by atoms with Gasteiger partial charge in [0, 0.05) is 6.04 Å². The number of hydrogen-bond acceptors (Lipinski definition) is 3. The van der Waals surface area contributed by atoms with E-state index < -0.39 is 5.97 Å². The van der Waals surface area contributed by atoms with Gasteiger partial charge in [0.15, 0.2) is 0 Å². The van der Waals surface area contributed by atoms with Gasteiger partial charge in [0.05, 0.1) is 6.42 Å². The Kier molecular flexibility index (Phi) is 4.36. The molecule has 1 aromatic heterocycles. The third-order valence-corrected chi connectivity index (χ3v) is 4.21. The first-order chi connectivity index (χ1) is 8.66. The third-order valence-electron chi connectivity index (χ3n) is 3.26. The van der Waals surface area contributed by atoms with E-state index in [0.717, 1.165) is 12.8 Å². The van der Waals surface area contributed by atoms with Crippen molar-refractivity contribution in [2.24, 2.45) is 0 Å². The number of carboxylic acid groups (broad SMARTS) is 1. The van der Waals surface area contributed by atoms with Crippen LogP contribution in [0.25, 0.3) is 0 Å². The predicted octanol–water partition coefficient (Wildman–Crippen LogP) is 2.44. The highest BCUT2D eigenvalue weighted by molar-refractivity contribution is 7.12. The lowest BCUT2D eigenvalue weighted by atomic mass is 9.95. The fourth-order valence-corrected chi connectivity index (χ4v) is 3.12. The van der Waals surface area contributed by atoms with Crippen molar-refractivity contribution >= 4 is 23.2 Å². The quantitative estimate of drug-likeness (QED) is 0.880. The van der Waals surface area contributed by atoms with Crippen LogP contribution in [-0.2, 0) is 11.2 Å². The van der Waals surface area contributed by atoms with Crippen LogP contribution in [0.2, 0.25) is 0 Å². The molecule has 0 atom stereocenters. The molecule has 2 rings (SSSR count). The zero-order valence-electron chi connectivity index (χ0n) is 10.1. The lowest BCUT2D eigenvalue weighted by Gasteiger charge is -2.22. The Morgan fingerprint density at radius 1 is 1.33 bits per heavy atom. The number of amides is 1. The van der Waals surface area contributed by atoms with Gasteiger partial charge in [-0.05, 0) is 29.9 Å². The summed E-state index contributed by atoms with van der Waals surface area (Å²) in [4.78, 5) is 23.1. The Labute approximate surface area is 110 Å². The minimum absolute atomic E-state index is 0.0669. The highest BCUT2D eigenvalue weighted by Crippen LogP contribution is 2.19. The zero-order valence-corrected chi connectivity index (χ0v) is 11.0. The normalized spacial score (nSPS) is 16.4. The molecule has 1 heterocycles. The Morgan fingerprint density at radius 2 is 2.06 bits per heavy atom. The van der Waals surface area contributed by atoms with Crippen LogP contribution in [0.3, 0.4) is 0 Å². The van der Waals surface area contributed by atoms with Crippen molar-refractivity contribution in [3.8, 4) is 0 Å². The Bertz CT molecular complexity index is 435. The minimum atomic E-state index is -0.953. The third kappa shape index (κ3) is 3.32. The number of carboxylic acids is 1. The van der Waals surface area contributed by atoms with Gasteiger partial charge >= 0.3 is 5.97 Å². The van der Waals surface area contributed by atoms with E-state index in [-0.39, 0.29) is 23.2 Å². The lowest BCUT2D eigenvalue weighted by Crippen LogP contribution is -2.37. The molecule has 4 nitrogen and oxygen atoms in total. The van der Waals surface area contributed by atoms with Crippen LogP contribution < -0.4 is 5.32 Å². The molecule has 18 heavy (non-hydrogen) atoms. The van der Waals surface area contributed by atoms with Gasteiger partial charge in [-0.15, -0.1) is 11.3 Å². The molecule has 0 bridgehead atoms. The number of aromatic carboxylic acids is 1. The summed E-state index contributed by atoms with van der Waals surface area (Å²) in [5.74, 6) is -1.02. The molecular formula is C13H17NO3S. The second-order valence-electron chi connectivity index (χ2n) is 4.66. The van der Waals surface area contributed by atoms with Crippen molar-refractivity contribution in [2.45, 2.75) is 44.6 Å². The molecular weight excluding hydrogens is 250 g/mol. The zero-order chi connectivity index (χ0) is 13.0. The lowest BCUT2D eigenvalue weighted by molar-refractivity contribution is -0.121. The van der Waals surface area contributed by atoms with E-state index in [2.05, 4.69) is 5.32 Å². The van der Waals surface area contributed by atoms with Gasteiger partial charge < -0.3 is 10.4 Å². The molecule has 5 heteroatoms. The standard InChI is InChI=1S/C13H17NO3S/c15-11(14-10-4-2-1-3-5-10)8-9-6-7-18-12(9)13(16)17/h6-7,10H,1-5,8H2,(H,14,15)(H,16,17). The molecule has 0 aromatic carbocycles. The monoisotopic (exact) mass is 267 g/mol. The number of hydrogen-bond donors (Lipinski definition) is 2. The van der Waals surface area contributed by atoms with E-state index in [1.165, 1.54) is 30.6 Å². The second-order valence-corrected chi connectivity index (χ2v) is 5.58. The van der Waals surface area contributed by atoms with Crippen LogP contribution >= 0.6 is 11.3 Å². The second kappa shape index (κ2) is 6.00. The largest absolute Gasteiger partial charge is 0.477 e. The van der Waals surface area contributed by atoms with Crippen LogP contribution in [0.15, 0.2) is 11.4 Å². The average molecular weight is 267 g/mol. The van der Waals surface area contributed by atoms with Gasteiger partial charge in [-0.2, -0.15) is 0 Å². The SMILES string of the molecule is O=C(Cc1ccsc1C(=O)O)NC1CCCCC1. The van der Waals surface area contributed by atoms with Crippen molar-refractivity contribution in [2.75, 3.05) is 0 Å². The molecule has 0 saturated heterocycles. The van der Waals surface area contributed by atoms with E-state index in [4.69, 9.17) is 5.11 Å². The van der Waals surface area contributed by atoms with Gasteiger partial charge in [-0.3, -0.25) is 4.79 Å². The molecule has 1 aliphatic carbocycles. The number of carbonyl (C=O) groups excluding carboxylic acids is 1. The molecule has 0 unspecified atom stereocenters. The first-order valence-corrected chi connectivity index (χ1v) is 7.14. The van der Waals surface area contributed by atoms with Crippen LogP contribution in [0.1, 0.15) is 47.3 Å². The first-order valence-electron chi connectivity index (χ1n) is 6.26. The van der Waals surface area contributed by atoms with Crippen LogP contribution in [0.5, 0.6) is 0 Å². The van der Waals surface area contributed by atoms with Crippen molar-refractivity contribution in [1.82, 2.24) is 5.32 Å². The molecule has 1 saturated carbocycles. The van der Waals surface area contributed by atoms with Gasteiger partial charge in [0.25, 0.3) is 0 Å². The molecule has 0 aliphatic heterocycles. The summed E-state index contributed by atoms with van der Waals surface area (Å²) >= 11 is 1.17. The van der Waals surface area contributed by atoms with Gasteiger partial charge in [-0.25, -0.2) is 4.79 Å². The van der Waals surface area contributed by atoms with Crippen molar-refractivity contribution < 1.29 is 14.7 Å². The highest BCUT2D eigenvalue weighted by Gasteiger charge is 2.18. The summed E-state index contributed by atoms with van der Waals surface area (Å²) in [6, 6.07) is 1.99. The Morgan fingerprint density at radius 3 is 2.72 bits per heavy atom. The van der Waals surface area contributed by atoms with E-state index in [0.29, 0.717) is 5.56 Å². The minimum Gasteiger partial charge on any atom is -0.477 e. The summed E-state index contributed by atoms with van der Waals surface area (Å²) in [5, 5.41) is 13.7. The molecule has 2 N–H and O–H groups in total. The maximum absolute atomic E-state index is 11.9. The fourth-order valence-electron chi connectivity index (χ4n) is 2.36.